The fraction of sp³-hybridized carbons (Fsp3) is 0.500. The summed E-state index contributed by atoms with van der Waals surface area (Å²) in [5.74, 6) is 0.917. The Balaban J connectivity index is 0. The Labute approximate surface area is 231 Å². The van der Waals surface area contributed by atoms with Crippen LogP contribution >= 0.6 is 37.2 Å². The lowest BCUT2D eigenvalue weighted by Crippen LogP contribution is -2.47. The lowest BCUT2D eigenvalue weighted by molar-refractivity contribution is 0.403. The van der Waals surface area contributed by atoms with Crippen molar-refractivity contribution in [3.63, 3.8) is 0 Å². The Hall–Kier alpha value is -1.27. The first kappa shape index (κ1) is 35.9. The van der Waals surface area contributed by atoms with Gasteiger partial charge >= 0.3 is 0 Å². The summed E-state index contributed by atoms with van der Waals surface area (Å²) in [7, 11) is 0. The van der Waals surface area contributed by atoms with E-state index < -0.39 is 0 Å². The van der Waals surface area contributed by atoms with Crippen molar-refractivity contribution in [1.82, 2.24) is 10.6 Å². The Kier molecular flexibility index (Phi) is 21.4. The second-order valence-electron chi connectivity index (χ2n) is 9.29. The number of benzene rings is 2. The Morgan fingerprint density at radius 2 is 1.57 bits per heavy atom. The van der Waals surface area contributed by atoms with Crippen molar-refractivity contribution in [1.29, 1.82) is 0 Å². The van der Waals surface area contributed by atoms with Crippen molar-refractivity contribution in [2.45, 2.75) is 71.0 Å². The van der Waals surface area contributed by atoms with E-state index in [4.69, 9.17) is 5.73 Å². The number of hydrogen-bond acceptors (Lipinski definition) is 4. The van der Waals surface area contributed by atoms with E-state index in [1.807, 2.05) is 18.2 Å². The molecule has 7 heteroatoms. The number of nitrogens with two attached hydrogens (primary N) is 1. The zero-order valence-corrected chi connectivity index (χ0v) is 23.8. The van der Waals surface area contributed by atoms with Crippen molar-refractivity contribution in [3.8, 4) is 5.75 Å². The maximum absolute atomic E-state index is 9.61. The zero-order valence-electron chi connectivity index (χ0n) is 21.4. The maximum atomic E-state index is 9.61. The molecule has 0 aromatic heterocycles. The molecule has 5 N–H and O–H groups in total. The third kappa shape index (κ3) is 16.2. The molecule has 4 nitrogen and oxygen atoms in total. The average molecular weight is 547 g/mol. The van der Waals surface area contributed by atoms with Crippen molar-refractivity contribution in [2.75, 3.05) is 13.1 Å². The predicted molar refractivity (Wildman–Crippen MR) is 160 cm³/mol. The van der Waals surface area contributed by atoms with Gasteiger partial charge in [0.15, 0.2) is 0 Å². The number of rotatable bonds is 15. The van der Waals surface area contributed by atoms with Crippen LogP contribution in [0.2, 0.25) is 0 Å². The lowest BCUT2D eigenvalue weighted by Gasteiger charge is -2.25. The minimum Gasteiger partial charge on any atom is -0.508 e. The Bertz CT molecular complexity index is 773. The molecule has 2 aromatic rings. The van der Waals surface area contributed by atoms with Crippen LogP contribution in [0.1, 0.15) is 57.6 Å². The largest absolute Gasteiger partial charge is 0.508 e. The highest BCUT2D eigenvalue weighted by Gasteiger charge is 2.14. The highest BCUT2D eigenvalue weighted by molar-refractivity contribution is 5.86. The monoisotopic (exact) mass is 545 g/mol. The molecule has 0 aliphatic carbocycles. The highest BCUT2D eigenvalue weighted by Crippen LogP contribution is 2.13. The van der Waals surface area contributed by atoms with Gasteiger partial charge in [-0.2, -0.15) is 0 Å². The molecule has 0 radical (unpaired) electrons. The molecule has 0 spiro atoms. The minimum absolute atomic E-state index is 0. The van der Waals surface area contributed by atoms with Crippen LogP contribution in [0.15, 0.2) is 60.7 Å². The van der Waals surface area contributed by atoms with Crippen LogP contribution in [0.3, 0.4) is 0 Å². The first-order chi connectivity index (χ1) is 15.5. The Morgan fingerprint density at radius 3 is 2.17 bits per heavy atom. The van der Waals surface area contributed by atoms with Crippen LogP contribution < -0.4 is 16.4 Å². The number of unbranched alkanes of at least 4 members (excludes halogenated alkanes) is 1. The molecular weight excluding hydrogens is 501 g/mol. The molecule has 2 aromatic carbocycles. The van der Waals surface area contributed by atoms with Crippen molar-refractivity contribution >= 4 is 43.3 Å². The summed E-state index contributed by atoms with van der Waals surface area (Å²) in [5.41, 5.74) is 8.77. The molecule has 35 heavy (non-hydrogen) atoms. The van der Waals surface area contributed by atoms with E-state index in [1.54, 1.807) is 12.1 Å². The number of halogens is 3. The van der Waals surface area contributed by atoms with E-state index in [1.165, 1.54) is 24.0 Å². The van der Waals surface area contributed by atoms with Gasteiger partial charge in [0.1, 0.15) is 5.75 Å². The number of nitrogens with one attached hydrogen (secondary N) is 2. The second kappa shape index (κ2) is 20.9. The number of phenols is 1. The number of hydrogen-bond donors (Lipinski definition) is 4. The molecule has 3 atom stereocenters. The molecule has 200 valence electrons. The molecular formula is C28H46Cl3N3O. The van der Waals surface area contributed by atoms with E-state index >= 15 is 0 Å². The molecule has 0 bridgehead atoms. The van der Waals surface area contributed by atoms with Crippen molar-refractivity contribution in [2.24, 2.45) is 11.7 Å². The molecule has 2 rings (SSSR count). The first-order valence-electron chi connectivity index (χ1n) is 12.2. The van der Waals surface area contributed by atoms with Gasteiger partial charge in [0.05, 0.1) is 0 Å². The smallest absolute Gasteiger partial charge is 0.115 e. The molecule has 0 saturated carbocycles. The molecule has 0 heterocycles. The number of phenolic OH excluding ortho intramolecular Hbond substituents is 1. The van der Waals surface area contributed by atoms with Gasteiger partial charge in [0, 0.05) is 31.2 Å². The van der Waals surface area contributed by atoms with Gasteiger partial charge in [-0.05, 0) is 48.4 Å². The molecule has 0 amide bonds. The van der Waals surface area contributed by atoms with Crippen molar-refractivity contribution in [3.05, 3.63) is 71.8 Å². The van der Waals surface area contributed by atoms with Crippen LogP contribution in [-0.4, -0.2) is 36.3 Å². The summed E-state index contributed by atoms with van der Waals surface area (Å²) in [5, 5.41) is 17.1. The second-order valence-corrected chi connectivity index (χ2v) is 9.29. The summed E-state index contributed by atoms with van der Waals surface area (Å²) < 4.78 is 0. The van der Waals surface area contributed by atoms with E-state index in [2.05, 4.69) is 67.8 Å². The fourth-order valence-corrected chi connectivity index (χ4v) is 3.84. The average Bonchev–Trinajstić information content (AvgIpc) is 2.79. The van der Waals surface area contributed by atoms with Gasteiger partial charge in [-0.3, -0.25) is 0 Å². The standard InChI is InChI=1S/C28H43N3O.3ClH/c1-4-5-11-25(29)20-30-27(19-24-13-16-28(32)17-14-24)21-31-26(18-22(2)3)15-12-23-9-7-6-8-10-23;;;/h6-10,12-17,22,25-27,30-32H,4-5,11,18-21,29H2,1-3H3;3*1H/b15-12+;;;/t25-,26-,27-;;;/m1.../s1. The van der Waals surface area contributed by atoms with E-state index in [-0.39, 0.29) is 49.3 Å². The van der Waals surface area contributed by atoms with Crippen LogP contribution in [-0.2, 0) is 6.42 Å². The molecule has 0 aliphatic heterocycles. The molecule has 0 saturated heterocycles. The summed E-state index contributed by atoms with van der Waals surface area (Å²) in [6.07, 6.45) is 9.89. The van der Waals surface area contributed by atoms with Gasteiger partial charge in [0.25, 0.3) is 0 Å². The Morgan fingerprint density at radius 1 is 0.914 bits per heavy atom. The third-order valence-corrected chi connectivity index (χ3v) is 5.69. The van der Waals surface area contributed by atoms with E-state index in [0.29, 0.717) is 17.7 Å². The third-order valence-electron chi connectivity index (χ3n) is 5.69. The van der Waals surface area contributed by atoms with Crippen LogP contribution in [0.25, 0.3) is 6.08 Å². The zero-order chi connectivity index (χ0) is 23.2. The molecule has 0 fully saturated rings. The quantitative estimate of drug-likeness (QED) is 0.209. The van der Waals surface area contributed by atoms with Gasteiger partial charge < -0.3 is 21.5 Å². The molecule has 0 unspecified atom stereocenters. The van der Waals surface area contributed by atoms with Crippen LogP contribution in [0.4, 0.5) is 0 Å². The van der Waals surface area contributed by atoms with Crippen LogP contribution in [0.5, 0.6) is 5.75 Å². The highest BCUT2D eigenvalue weighted by atomic mass is 35.5. The minimum atomic E-state index is 0. The van der Waals surface area contributed by atoms with Gasteiger partial charge in [0.2, 0.25) is 0 Å². The SMILES string of the molecule is CCCC[C@@H](N)CN[C@@H](CN[C@H](/C=C/c1ccccc1)CC(C)C)Cc1ccc(O)cc1.Cl.Cl.Cl. The lowest BCUT2D eigenvalue weighted by atomic mass is 10.0. The first-order valence-corrected chi connectivity index (χ1v) is 12.2. The maximum Gasteiger partial charge on any atom is 0.115 e. The van der Waals surface area contributed by atoms with Crippen molar-refractivity contribution < 1.29 is 5.11 Å². The van der Waals surface area contributed by atoms with Gasteiger partial charge in [-0.25, -0.2) is 0 Å². The van der Waals surface area contributed by atoms with E-state index in [9.17, 15) is 5.11 Å². The summed E-state index contributed by atoms with van der Waals surface area (Å²) in [6.45, 7) is 8.42. The molecule has 0 aliphatic rings. The van der Waals surface area contributed by atoms with Crippen LogP contribution in [0, 0.1) is 5.92 Å². The van der Waals surface area contributed by atoms with Gasteiger partial charge in [-0.15, -0.1) is 37.2 Å². The predicted octanol–water partition coefficient (Wildman–Crippen LogP) is 6.39. The topological polar surface area (TPSA) is 70.3 Å². The van der Waals surface area contributed by atoms with E-state index in [0.717, 1.165) is 32.4 Å². The summed E-state index contributed by atoms with van der Waals surface area (Å²) in [4.78, 5) is 0. The summed E-state index contributed by atoms with van der Waals surface area (Å²) in [6, 6.07) is 18.8. The normalized spacial score (nSPS) is 13.4. The van der Waals surface area contributed by atoms with Gasteiger partial charge in [-0.1, -0.05) is 88.2 Å². The fourth-order valence-electron chi connectivity index (χ4n) is 3.84. The summed E-state index contributed by atoms with van der Waals surface area (Å²) >= 11 is 0. The number of aromatic hydroxyl groups is 1.